The highest BCUT2D eigenvalue weighted by atomic mass is 19.1. The van der Waals surface area contributed by atoms with E-state index in [-0.39, 0.29) is 29.8 Å². The maximum absolute atomic E-state index is 13.8. The van der Waals surface area contributed by atoms with Crippen molar-refractivity contribution in [2.24, 2.45) is 0 Å². The van der Waals surface area contributed by atoms with Crippen molar-refractivity contribution < 1.29 is 14.0 Å². The zero-order chi connectivity index (χ0) is 20.2. The fourth-order valence-corrected chi connectivity index (χ4v) is 3.68. The molecule has 0 atom stereocenters. The molecule has 6 nitrogen and oxygen atoms in total. The monoisotopic (exact) mass is 394 g/mol. The number of hydrogen-bond donors (Lipinski definition) is 1. The molecule has 1 aliphatic rings. The Bertz CT molecular complexity index is 1040. The average Bonchev–Trinajstić information content (AvgIpc) is 2.92. The van der Waals surface area contributed by atoms with Crippen molar-refractivity contribution in [3.63, 3.8) is 0 Å². The number of halogens is 1. The number of amides is 2. The van der Waals surface area contributed by atoms with Crippen LogP contribution in [-0.2, 0) is 6.54 Å². The summed E-state index contributed by atoms with van der Waals surface area (Å²) < 4.78 is 15.4. The highest BCUT2D eigenvalue weighted by Gasteiger charge is 2.25. The van der Waals surface area contributed by atoms with E-state index in [1.807, 2.05) is 11.0 Å². The molecule has 0 radical (unpaired) electrons. The van der Waals surface area contributed by atoms with Gasteiger partial charge in [0, 0.05) is 31.4 Å². The molecule has 1 aromatic carbocycles. The van der Waals surface area contributed by atoms with Crippen LogP contribution in [0.5, 0.6) is 0 Å². The number of nitrogens with zero attached hydrogens (tertiary/aromatic N) is 3. The summed E-state index contributed by atoms with van der Waals surface area (Å²) in [6.07, 6.45) is 5.91. The van der Waals surface area contributed by atoms with Gasteiger partial charge in [-0.1, -0.05) is 37.1 Å². The molecule has 7 heteroatoms. The zero-order valence-electron chi connectivity index (χ0n) is 16.1. The second-order valence-electron chi connectivity index (χ2n) is 7.22. The third-order valence-electron chi connectivity index (χ3n) is 5.24. The lowest BCUT2D eigenvalue weighted by Crippen LogP contribution is -2.32. The van der Waals surface area contributed by atoms with Crippen molar-refractivity contribution in [3.8, 4) is 0 Å². The van der Waals surface area contributed by atoms with Gasteiger partial charge < -0.3 is 10.2 Å². The number of aromatic nitrogens is 2. The largest absolute Gasteiger partial charge is 0.345 e. The van der Waals surface area contributed by atoms with Gasteiger partial charge in [-0.05, 0) is 31.0 Å². The summed E-state index contributed by atoms with van der Waals surface area (Å²) in [7, 11) is 0. The minimum atomic E-state index is -0.454. The quantitative estimate of drug-likeness (QED) is 0.737. The van der Waals surface area contributed by atoms with Crippen LogP contribution >= 0.6 is 0 Å². The molecule has 1 N–H and O–H groups in total. The van der Waals surface area contributed by atoms with E-state index in [0.717, 1.165) is 25.7 Å². The fourth-order valence-electron chi connectivity index (χ4n) is 3.68. The molecule has 3 aromatic rings. The Labute approximate surface area is 168 Å². The van der Waals surface area contributed by atoms with E-state index in [9.17, 15) is 14.0 Å². The first kappa shape index (κ1) is 19.1. The Kier molecular flexibility index (Phi) is 5.55. The molecule has 2 aromatic heterocycles. The predicted octanol–water partition coefficient (Wildman–Crippen LogP) is 3.42. The van der Waals surface area contributed by atoms with Gasteiger partial charge in [0.2, 0.25) is 5.82 Å². The Morgan fingerprint density at radius 2 is 1.72 bits per heavy atom. The van der Waals surface area contributed by atoms with Crippen molar-refractivity contribution in [2.75, 3.05) is 13.1 Å². The molecule has 1 saturated heterocycles. The summed E-state index contributed by atoms with van der Waals surface area (Å²) in [6, 6.07) is 11.7. The number of benzene rings is 1. The number of rotatable bonds is 4. The van der Waals surface area contributed by atoms with Crippen LogP contribution in [0.4, 0.5) is 4.39 Å². The lowest BCUT2D eigenvalue weighted by Gasteiger charge is -2.19. The standard InChI is InChI=1S/C22H23FN4O2/c23-17-10-4-3-9-16(17)15-24-21(28)20-25-19(18-11-5-8-14-27(18)20)22(29)26-12-6-1-2-7-13-26/h3-5,8-11,14H,1-2,6-7,12-13,15H2,(H,24,28). The van der Waals surface area contributed by atoms with E-state index in [0.29, 0.717) is 24.2 Å². The summed E-state index contributed by atoms with van der Waals surface area (Å²) >= 11 is 0. The first-order valence-corrected chi connectivity index (χ1v) is 9.93. The van der Waals surface area contributed by atoms with Crippen LogP contribution in [-0.4, -0.2) is 39.2 Å². The molecule has 2 amide bonds. The molecule has 29 heavy (non-hydrogen) atoms. The number of likely N-dealkylation sites (tertiary alicyclic amines) is 1. The molecule has 4 rings (SSSR count). The number of nitrogens with one attached hydrogen (secondary N) is 1. The van der Waals surface area contributed by atoms with E-state index < -0.39 is 5.91 Å². The van der Waals surface area contributed by atoms with E-state index in [4.69, 9.17) is 0 Å². The summed E-state index contributed by atoms with van der Waals surface area (Å²) in [6.45, 7) is 1.46. The van der Waals surface area contributed by atoms with Gasteiger partial charge >= 0.3 is 0 Å². The van der Waals surface area contributed by atoms with E-state index in [1.165, 1.54) is 6.07 Å². The second-order valence-corrected chi connectivity index (χ2v) is 7.22. The normalized spacial score (nSPS) is 14.6. The molecule has 150 valence electrons. The molecule has 0 aliphatic carbocycles. The zero-order valence-corrected chi connectivity index (χ0v) is 16.1. The Morgan fingerprint density at radius 1 is 1.00 bits per heavy atom. The van der Waals surface area contributed by atoms with Gasteiger partial charge in [0.25, 0.3) is 11.8 Å². The summed E-state index contributed by atoms with van der Waals surface area (Å²) in [5.74, 6) is -0.860. The second kappa shape index (κ2) is 8.43. The topological polar surface area (TPSA) is 66.7 Å². The maximum Gasteiger partial charge on any atom is 0.287 e. The van der Waals surface area contributed by atoms with Gasteiger partial charge in [-0.2, -0.15) is 0 Å². The number of fused-ring (bicyclic) bond motifs is 1. The van der Waals surface area contributed by atoms with Gasteiger partial charge in [-0.25, -0.2) is 9.37 Å². The van der Waals surface area contributed by atoms with Crippen LogP contribution in [0.1, 0.15) is 52.4 Å². The Morgan fingerprint density at radius 3 is 2.48 bits per heavy atom. The van der Waals surface area contributed by atoms with Crippen LogP contribution in [0.25, 0.3) is 5.52 Å². The fraction of sp³-hybridized carbons (Fsp3) is 0.318. The van der Waals surface area contributed by atoms with Gasteiger partial charge in [-0.15, -0.1) is 0 Å². The van der Waals surface area contributed by atoms with E-state index in [2.05, 4.69) is 10.3 Å². The molecule has 3 heterocycles. The van der Waals surface area contributed by atoms with Gasteiger partial charge in [0.05, 0.1) is 5.52 Å². The number of hydrogen-bond acceptors (Lipinski definition) is 3. The van der Waals surface area contributed by atoms with Crippen LogP contribution < -0.4 is 5.32 Å². The van der Waals surface area contributed by atoms with Crippen molar-refractivity contribution >= 4 is 17.3 Å². The first-order chi connectivity index (χ1) is 14.1. The van der Waals surface area contributed by atoms with E-state index >= 15 is 0 Å². The molecular weight excluding hydrogens is 371 g/mol. The van der Waals surface area contributed by atoms with Crippen molar-refractivity contribution in [3.05, 3.63) is 71.6 Å². The summed E-state index contributed by atoms with van der Waals surface area (Å²) in [4.78, 5) is 32.1. The smallest absolute Gasteiger partial charge is 0.287 e. The Balaban J connectivity index is 1.60. The van der Waals surface area contributed by atoms with Gasteiger partial charge in [0.15, 0.2) is 5.69 Å². The van der Waals surface area contributed by atoms with Gasteiger partial charge in [0.1, 0.15) is 5.82 Å². The van der Waals surface area contributed by atoms with Gasteiger partial charge in [-0.3, -0.25) is 14.0 Å². The molecule has 0 saturated carbocycles. The lowest BCUT2D eigenvalue weighted by molar-refractivity contribution is 0.0758. The molecule has 1 aliphatic heterocycles. The number of imidazole rings is 1. The van der Waals surface area contributed by atoms with Crippen LogP contribution in [0.15, 0.2) is 48.7 Å². The summed E-state index contributed by atoms with van der Waals surface area (Å²) in [5, 5.41) is 2.70. The van der Waals surface area contributed by atoms with Crippen molar-refractivity contribution in [2.45, 2.75) is 32.2 Å². The van der Waals surface area contributed by atoms with Crippen LogP contribution in [0, 0.1) is 5.82 Å². The number of carbonyl (C=O) groups is 2. The van der Waals surface area contributed by atoms with Crippen molar-refractivity contribution in [1.29, 1.82) is 0 Å². The minimum absolute atomic E-state index is 0.0443. The Hall–Kier alpha value is -3.22. The number of pyridine rings is 1. The third-order valence-corrected chi connectivity index (χ3v) is 5.24. The lowest BCUT2D eigenvalue weighted by atomic mass is 10.2. The maximum atomic E-state index is 13.8. The molecule has 0 spiro atoms. The predicted molar refractivity (Wildman–Crippen MR) is 107 cm³/mol. The highest BCUT2D eigenvalue weighted by Crippen LogP contribution is 2.18. The molecule has 0 bridgehead atoms. The molecule has 0 unspecified atom stereocenters. The van der Waals surface area contributed by atoms with Crippen LogP contribution in [0.3, 0.4) is 0 Å². The molecular formula is C22H23FN4O2. The average molecular weight is 394 g/mol. The minimum Gasteiger partial charge on any atom is -0.345 e. The summed E-state index contributed by atoms with van der Waals surface area (Å²) in [5.41, 5.74) is 1.27. The van der Waals surface area contributed by atoms with E-state index in [1.54, 1.807) is 40.9 Å². The first-order valence-electron chi connectivity index (χ1n) is 9.93. The third kappa shape index (κ3) is 3.99. The van der Waals surface area contributed by atoms with Crippen molar-refractivity contribution in [1.82, 2.24) is 19.6 Å². The SMILES string of the molecule is O=C(NCc1ccccc1F)c1nc(C(=O)N2CCCCCC2)c2ccccn12. The highest BCUT2D eigenvalue weighted by molar-refractivity contribution is 6.02. The van der Waals surface area contributed by atoms with Crippen LogP contribution in [0.2, 0.25) is 0 Å². The molecule has 1 fully saturated rings. The number of carbonyl (C=O) groups excluding carboxylic acids is 2.